The highest BCUT2D eigenvalue weighted by atomic mass is 35.6. The Morgan fingerprint density at radius 1 is 0.805 bits per heavy atom. The quantitative estimate of drug-likeness (QED) is 0.227. The van der Waals surface area contributed by atoms with Gasteiger partial charge in [-0.1, -0.05) is 80.2 Å². The van der Waals surface area contributed by atoms with Gasteiger partial charge < -0.3 is 9.47 Å². The van der Waals surface area contributed by atoms with Gasteiger partial charge in [0.15, 0.2) is 7.38 Å². The van der Waals surface area contributed by atoms with E-state index < -0.39 is 15.5 Å². The molecule has 0 amide bonds. The summed E-state index contributed by atoms with van der Waals surface area (Å²) in [4.78, 5) is 0. The lowest BCUT2D eigenvalue weighted by Crippen LogP contribution is -2.48. The maximum atomic E-state index is 6.18. The second-order valence-corrected chi connectivity index (χ2v) is 27.3. The molecule has 2 aliphatic heterocycles. The van der Waals surface area contributed by atoms with Gasteiger partial charge >= 0.3 is 0 Å². The standard InChI is InChI=1S/C16H30N2OSi.C8H19ClSi.C8H12N2O/c1-16(2,3)10-13-20(4,5)15-9-11-17-18(15)14-8-6-7-12-19-14;1-8(2,3)6-7-10(4,5)9;1-2-7-11-8(4-1)10-6-3-5-9-10/h9,11,14H,6-8,10,12-13H2,1-5H3;6-7H2,1-5H3;3,5-6,8H,1-2,4,7H2. The van der Waals surface area contributed by atoms with Gasteiger partial charge in [-0.05, 0) is 74.0 Å². The zero-order chi connectivity index (χ0) is 30.7. The molecule has 2 aliphatic rings. The Morgan fingerprint density at radius 3 is 1.80 bits per heavy atom. The van der Waals surface area contributed by atoms with Crippen LogP contribution in [0.15, 0.2) is 30.7 Å². The van der Waals surface area contributed by atoms with Crippen molar-refractivity contribution in [1.82, 2.24) is 19.6 Å². The molecular formula is C32H61ClN4O2Si2. The van der Waals surface area contributed by atoms with Gasteiger partial charge in [0.25, 0.3) is 0 Å². The summed E-state index contributed by atoms with van der Waals surface area (Å²) in [5.74, 6) is 0. The summed E-state index contributed by atoms with van der Waals surface area (Å²) < 4.78 is 15.5. The van der Waals surface area contributed by atoms with Gasteiger partial charge in [-0.25, -0.2) is 9.36 Å². The Hall–Kier alpha value is -0.936. The van der Waals surface area contributed by atoms with E-state index in [2.05, 4.69) is 88.7 Å². The van der Waals surface area contributed by atoms with Crippen molar-refractivity contribution in [3.63, 3.8) is 0 Å². The SMILES string of the molecule is CC(C)(C)CC[Si](C)(C)Cl.CC(C)(C)CC[Si](C)(C)c1ccnn1C1CCCCO1.c1cnn(C2CCCCO2)c1. The van der Waals surface area contributed by atoms with Crippen LogP contribution in [0, 0.1) is 10.8 Å². The van der Waals surface area contributed by atoms with Crippen LogP contribution >= 0.6 is 11.1 Å². The van der Waals surface area contributed by atoms with Crippen LogP contribution < -0.4 is 5.32 Å². The molecule has 0 aliphatic carbocycles. The molecule has 2 atom stereocenters. The van der Waals surface area contributed by atoms with E-state index >= 15 is 0 Å². The third-order valence-electron chi connectivity index (χ3n) is 7.74. The van der Waals surface area contributed by atoms with E-state index in [1.54, 1.807) is 6.20 Å². The van der Waals surface area contributed by atoms with E-state index in [0.717, 1.165) is 26.1 Å². The van der Waals surface area contributed by atoms with Crippen molar-refractivity contribution < 1.29 is 9.47 Å². The smallest absolute Gasteiger partial charge is 0.150 e. The van der Waals surface area contributed by atoms with Crippen molar-refractivity contribution >= 4 is 31.9 Å². The van der Waals surface area contributed by atoms with Gasteiger partial charge in [-0.15, -0.1) is 0 Å². The summed E-state index contributed by atoms with van der Waals surface area (Å²) in [5, 5.41) is 10.2. The maximum absolute atomic E-state index is 6.18. The van der Waals surface area contributed by atoms with Crippen LogP contribution in [0.5, 0.6) is 0 Å². The number of halogens is 1. The van der Waals surface area contributed by atoms with Gasteiger partial charge in [0, 0.05) is 37.1 Å². The molecular weight excluding hydrogens is 564 g/mol. The number of rotatable bonds is 7. The normalized spacial score (nSPS) is 20.5. The van der Waals surface area contributed by atoms with Crippen LogP contribution in [0.25, 0.3) is 0 Å². The van der Waals surface area contributed by atoms with Crippen molar-refractivity contribution in [3.05, 3.63) is 30.7 Å². The lowest BCUT2D eigenvalue weighted by atomic mass is 9.94. The van der Waals surface area contributed by atoms with Crippen molar-refractivity contribution in [2.75, 3.05) is 13.2 Å². The topological polar surface area (TPSA) is 54.1 Å². The van der Waals surface area contributed by atoms with E-state index in [0.29, 0.717) is 10.8 Å². The van der Waals surface area contributed by atoms with Crippen LogP contribution in [0.2, 0.25) is 38.3 Å². The minimum absolute atomic E-state index is 0.176. The Kier molecular flexibility index (Phi) is 14.3. The lowest BCUT2D eigenvalue weighted by Gasteiger charge is -2.31. The lowest BCUT2D eigenvalue weighted by molar-refractivity contribution is -0.0394. The third kappa shape index (κ3) is 14.9. The maximum Gasteiger partial charge on any atom is 0.150 e. The van der Waals surface area contributed by atoms with E-state index in [-0.39, 0.29) is 12.5 Å². The fourth-order valence-electron chi connectivity index (χ4n) is 4.87. The molecule has 0 spiro atoms. The first-order chi connectivity index (χ1) is 19.0. The average molecular weight is 625 g/mol. The Bertz CT molecular complexity index is 949. The Morgan fingerprint density at radius 2 is 1.37 bits per heavy atom. The molecule has 2 unspecified atom stereocenters. The molecule has 236 valence electrons. The molecule has 41 heavy (non-hydrogen) atoms. The molecule has 0 aromatic carbocycles. The average Bonchev–Trinajstić information content (AvgIpc) is 3.61. The number of ether oxygens (including phenoxy) is 2. The number of hydrogen-bond donors (Lipinski definition) is 0. The second-order valence-electron chi connectivity index (χ2n) is 15.5. The zero-order valence-corrected chi connectivity index (χ0v) is 30.8. The summed E-state index contributed by atoms with van der Waals surface area (Å²) in [5.41, 5.74) is 0.871. The van der Waals surface area contributed by atoms with Gasteiger partial charge in [-0.3, -0.25) is 0 Å². The highest BCUT2D eigenvalue weighted by Crippen LogP contribution is 2.28. The van der Waals surface area contributed by atoms with E-state index in [4.69, 9.17) is 20.6 Å². The molecule has 6 nitrogen and oxygen atoms in total. The predicted molar refractivity (Wildman–Crippen MR) is 180 cm³/mol. The first-order valence-corrected chi connectivity index (χ1v) is 23.3. The highest BCUT2D eigenvalue weighted by Gasteiger charge is 2.31. The first kappa shape index (κ1) is 36.3. The van der Waals surface area contributed by atoms with Crippen LogP contribution in [-0.4, -0.2) is 48.2 Å². The van der Waals surface area contributed by atoms with Crippen molar-refractivity contribution in [2.45, 2.75) is 144 Å². The molecule has 0 radical (unpaired) electrons. The van der Waals surface area contributed by atoms with E-state index in [1.807, 2.05) is 23.1 Å². The highest BCUT2D eigenvalue weighted by molar-refractivity contribution is 7.19. The van der Waals surface area contributed by atoms with Crippen molar-refractivity contribution in [2.24, 2.45) is 10.8 Å². The van der Waals surface area contributed by atoms with Gasteiger partial charge in [0.05, 0.1) is 0 Å². The van der Waals surface area contributed by atoms with Crippen LogP contribution in [0.4, 0.5) is 0 Å². The molecule has 9 heteroatoms. The Labute approximate surface area is 258 Å². The summed E-state index contributed by atoms with van der Waals surface area (Å²) in [6, 6.07) is 6.71. The minimum Gasteiger partial charge on any atom is -0.357 e. The molecule has 2 saturated heterocycles. The van der Waals surface area contributed by atoms with Crippen LogP contribution in [-0.2, 0) is 9.47 Å². The first-order valence-electron chi connectivity index (χ1n) is 15.9. The van der Waals surface area contributed by atoms with Gasteiger partial charge in [0.1, 0.15) is 20.5 Å². The van der Waals surface area contributed by atoms with Crippen LogP contribution in [0.3, 0.4) is 0 Å². The molecule has 4 heterocycles. The molecule has 0 N–H and O–H groups in total. The van der Waals surface area contributed by atoms with Crippen LogP contribution in [0.1, 0.15) is 105 Å². The molecule has 0 bridgehead atoms. The summed E-state index contributed by atoms with van der Waals surface area (Å²) in [6.07, 6.45) is 15.7. The number of hydrogen-bond acceptors (Lipinski definition) is 4. The largest absolute Gasteiger partial charge is 0.357 e. The minimum atomic E-state index is -1.45. The van der Waals surface area contributed by atoms with E-state index in [1.165, 1.54) is 55.9 Å². The fraction of sp³-hybridized carbons (Fsp3) is 0.812. The van der Waals surface area contributed by atoms with Gasteiger partial charge in [0.2, 0.25) is 0 Å². The second kappa shape index (κ2) is 16.2. The summed E-state index contributed by atoms with van der Waals surface area (Å²) in [6.45, 7) is 24.9. The van der Waals surface area contributed by atoms with Crippen molar-refractivity contribution in [3.8, 4) is 0 Å². The molecule has 2 aromatic heterocycles. The molecule has 2 aromatic rings. The predicted octanol–water partition coefficient (Wildman–Crippen LogP) is 9.38. The Balaban J connectivity index is 0.000000237. The fourth-order valence-corrected chi connectivity index (χ4v) is 9.47. The molecule has 0 saturated carbocycles. The summed E-state index contributed by atoms with van der Waals surface area (Å²) in [7, 11) is -2.74. The summed E-state index contributed by atoms with van der Waals surface area (Å²) >= 11 is 6.18. The van der Waals surface area contributed by atoms with Crippen molar-refractivity contribution in [1.29, 1.82) is 0 Å². The molecule has 2 fully saturated rings. The molecule has 4 rings (SSSR count). The monoisotopic (exact) mass is 624 g/mol. The number of nitrogens with zero attached hydrogens (tertiary/aromatic N) is 4. The number of aromatic nitrogens is 4. The van der Waals surface area contributed by atoms with Gasteiger partial charge in [-0.2, -0.15) is 21.3 Å². The zero-order valence-electron chi connectivity index (χ0n) is 28.0. The third-order valence-corrected chi connectivity index (χ3v) is 13.0. The van der Waals surface area contributed by atoms with E-state index in [9.17, 15) is 0 Å².